The quantitative estimate of drug-likeness (QED) is 0.821. The third kappa shape index (κ3) is 4.06. The molecule has 0 amide bonds. The maximum absolute atomic E-state index is 13.9. The van der Waals surface area contributed by atoms with Gasteiger partial charge >= 0.3 is 0 Å². The molecule has 1 aromatic rings. The van der Waals surface area contributed by atoms with Gasteiger partial charge in [-0.3, -0.25) is 0 Å². The van der Waals surface area contributed by atoms with E-state index in [4.69, 9.17) is 17.3 Å². The van der Waals surface area contributed by atoms with Crippen LogP contribution in [0.4, 0.5) is 10.1 Å². The van der Waals surface area contributed by atoms with Crippen LogP contribution in [0.1, 0.15) is 12.8 Å². The van der Waals surface area contributed by atoms with Crippen molar-refractivity contribution >= 4 is 27.3 Å². The van der Waals surface area contributed by atoms with Gasteiger partial charge in [-0.1, -0.05) is 11.6 Å². The van der Waals surface area contributed by atoms with Gasteiger partial charge in [-0.25, -0.2) is 17.5 Å². The highest BCUT2D eigenvalue weighted by Crippen LogP contribution is 2.26. The molecule has 1 atom stereocenters. The van der Waals surface area contributed by atoms with Gasteiger partial charge < -0.3 is 10.6 Å². The van der Waals surface area contributed by atoms with E-state index in [0.717, 1.165) is 32.0 Å². The highest BCUT2D eigenvalue weighted by Gasteiger charge is 2.24. The summed E-state index contributed by atoms with van der Waals surface area (Å²) in [5.41, 5.74) is 5.64. The molecule has 1 unspecified atom stereocenters. The fourth-order valence-electron chi connectivity index (χ4n) is 2.52. The lowest BCUT2D eigenvalue weighted by Gasteiger charge is -2.29. The summed E-state index contributed by atoms with van der Waals surface area (Å²) in [4.78, 5) is 1.65. The second-order valence-corrected chi connectivity index (χ2v) is 7.58. The third-order valence-corrected chi connectivity index (χ3v) is 5.29. The van der Waals surface area contributed by atoms with Gasteiger partial charge in [0.25, 0.3) is 0 Å². The Bertz CT molecular complexity index is 624. The SMILES string of the molecule is CN1CCCC(CNS(=O)(=O)c2cc(N)cc(Cl)c2F)C1. The molecule has 118 valence electrons. The topological polar surface area (TPSA) is 75.4 Å². The Hall–Kier alpha value is -0.890. The molecule has 0 saturated carbocycles. The molecule has 0 bridgehead atoms. The van der Waals surface area contributed by atoms with Crippen LogP contribution in [-0.2, 0) is 10.0 Å². The number of rotatable bonds is 4. The molecule has 3 N–H and O–H groups in total. The molecule has 1 aliphatic rings. The molecule has 2 rings (SSSR count). The first-order valence-corrected chi connectivity index (χ1v) is 8.58. The van der Waals surface area contributed by atoms with Crippen molar-refractivity contribution in [3.8, 4) is 0 Å². The van der Waals surface area contributed by atoms with Crippen molar-refractivity contribution in [3.05, 3.63) is 23.0 Å². The first kappa shape index (κ1) is 16.5. The van der Waals surface area contributed by atoms with Crippen LogP contribution < -0.4 is 10.5 Å². The molecule has 5 nitrogen and oxygen atoms in total. The van der Waals surface area contributed by atoms with Crippen molar-refractivity contribution in [2.24, 2.45) is 5.92 Å². The third-order valence-electron chi connectivity index (χ3n) is 3.59. The number of nitrogens with two attached hydrogens (primary N) is 1. The van der Waals surface area contributed by atoms with Crippen LogP contribution >= 0.6 is 11.6 Å². The molecule has 1 aliphatic heterocycles. The maximum Gasteiger partial charge on any atom is 0.243 e. The molecule has 0 aliphatic carbocycles. The van der Waals surface area contributed by atoms with Crippen LogP contribution in [0.15, 0.2) is 17.0 Å². The fraction of sp³-hybridized carbons (Fsp3) is 0.538. The van der Waals surface area contributed by atoms with E-state index in [-0.39, 0.29) is 23.2 Å². The number of benzene rings is 1. The minimum Gasteiger partial charge on any atom is -0.399 e. The number of sulfonamides is 1. The second kappa shape index (κ2) is 6.48. The number of nitrogen functional groups attached to an aromatic ring is 1. The number of hydrogen-bond donors (Lipinski definition) is 2. The Kier molecular flexibility index (Phi) is 5.08. The summed E-state index contributed by atoms with van der Waals surface area (Å²) in [6.07, 6.45) is 1.98. The number of hydrogen-bond acceptors (Lipinski definition) is 4. The molecule has 1 heterocycles. The van der Waals surface area contributed by atoms with Gasteiger partial charge in [-0.05, 0) is 44.5 Å². The molecule has 1 fully saturated rings. The first-order chi connectivity index (χ1) is 9.79. The van der Waals surface area contributed by atoms with Gasteiger partial charge in [-0.15, -0.1) is 0 Å². The van der Waals surface area contributed by atoms with Crippen LogP contribution in [-0.4, -0.2) is 40.0 Å². The van der Waals surface area contributed by atoms with Gasteiger partial charge in [0.15, 0.2) is 5.82 Å². The lowest BCUT2D eigenvalue weighted by molar-refractivity contribution is 0.211. The molecular weight excluding hydrogens is 317 g/mol. The van der Waals surface area contributed by atoms with E-state index in [1.165, 1.54) is 6.07 Å². The van der Waals surface area contributed by atoms with Gasteiger partial charge in [0.1, 0.15) is 4.90 Å². The predicted molar refractivity (Wildman–Crippen MR) is 81.2 cm³/mol. The Balaban J connectivity index is 2.12. The Morgan fingerprint density at radius 2 is 2.24 bits per heavy atom. The number of nitrogens with zero attached hydrogens (tertiary/aromatic N) is 1. The van der Waals surface area contributed by atoms with E-state index in [9.17, 15) is 12.8 Å². The van der Waals surface area contributed by atoms with Crippen LogP contribution in [0, 0.1) is 11.7 Å². The van der Waals surface area contributed by atoms with Crippen molar-refractivity contribution in [1.29, 1.82) is 0 Å². The molecular formula is C13H19ClFN3O2S. The van der Waals surface area contributed by atoms with Crippen molar-refractivity contribution in [2.45, 2.75) is 17.7 Å². The molecule has 8 heteroatoms. The Morgan fingerprint density at radius 3 is 2.90 bits per heavy atom. The van der Waals surface area contributed by atoms with Crippen molar-refractivity contribution < 1.29 is 12.8 Å². The van der Waals surface area contributed by atoms with Gasteiger partial charge in [0.2, 0.25) is 10.0 Å². The zero-order valence-electron chi connectivity index (χ0n) is 11.8. The standard InChI is InChI=1S/C13H19ClFN3O2S/c1-18-4-2-3-9(8-18)7-17-21(19,20)12-6-10(16)5-11(14)13(12)15/h5-6,9,17H,2-4,7-8,16H2,1H3. The summed E-state index contributed by atoms with van der Waals surface area (Å²) in [6, 6.07) is 2.27. The molecule has 0 aromatic heterocycles. The molecule has 0 spiro atoms. The average molecular weight is 336 g/mol. The number of nitrogens with one attached hydrogen (secondary N) is 1. The number of piperidine rings is 1. The predicted octanol–water partition coefficient (Wildman–Crippen LogP) is 1.68. The summed E-state index contributed by atoms with van der Waals surface area (Å²) in [7, 11) is -1.96. The van der Waals surface area contributed by atoms with E-state index in [2.05, 4.69) is 9.62 Å². The van der Waals surface area contributed by atoms with E-state index < -0.39 is 20.7 Å². The minimum absolute atomic E-state index is 0.110. The number of halogens is 2. The largest absolute Gasteiger partial charge is 0.399 e. The summed E-state index contributed by atoms with van der Waals surface area (Å²) in [5.74, 6) is -0.753. The highest BCUT2D eigenvalue weighted by atomic mass is 35.5. The van der Waals surface area contributed by atoms with Gasteiger partial charge in [0, 0.05) is 18.8 Å². The van der Waals surface area contributed by atoms with Crippen LogP contribution in [0.25, 0.3) is 0 Å². The van der Waals surface area contributed by atoms with E-state index in [0.29, 0.717) is 0 Å². The fourth-order valence-corrected chi connectivity index (χ4v) is 4.06. The summed E-state index contributed by atoms with van der Waals surface area (Å²) in [5, 5.41) is -0.298. The number of anilines is 1. The second-order valence-electron chi connectivity index (χ2n) is 5.44. The molecule has 1 aromatic carbocycles. The maximum atomic E-state index is 13.9. The smallest absolute Gasteiger partial charge is 0.243 e. The highest BCUT2D eigenvalue weighted by molar-refractivity contribution is 7.89. The number of likely N-dealkylation sites (tertiary alicyclic amines) is 1. The van der Waals surface area contributed by atoms with Crippen LogP contribution in [0.5, 0.6) is 0 Å². The lowest BCUT2D eigenvalue weighted by Crippen LogP contribution is -2.39. The van der Waals surface area contributed by atoms with Gasteiger partial charge in [-0.2, -0.15) is 0 Å². The molecule has 1 saturated heterocycles. The summed E-state index contributed by atoms with van der Waals surface area (Å²) < 4.78 is 40.7. The lowest BCUT2D eigenvalue weighted by atomic mass is 9.99. The van der Waals surface area contributed by atoms with Gasteiger partial charge in [0.05, 0.1) is 5.02 Å². The van der Waals surface area contributed by atoms with Crippen LogP contribution in [0.2, 0.25) is 5.02 Å². The first-order valence-electron chi connectivity index (χ1n) is 6.72. The average Bonchev–Trinajstić information content (AvgIpc) is 2.41. The molecule has 21 heavy (non-hydrogen) atoms. The van der Waals surface area contributed by atoms with Crippen LogP contribution in [0.3, 0.4) is 0 Å². The summed E-state index contributed by atoms with van der Waals surface area (Å²) in [6.45, 7) is 2.12. The zero-order chi connectivity index (χ0) is 15.6. The van der Waals surface area contributed by atoms with Crippen molar-refractivity contribution in [3.63, 3.8) is 0 Å². The van der Waals surface area contributed by atoms with E-state index >= 15 is 0 Å². The Morgan fingerprint density at radius 1 is 1.52 bits per heavy atom. The van der Waals surface area contributed by atoms with E-state index in [1.807, 2.05) is 7.05 Å². The normalized spacial score (nSPS) is 20.6. The van der Waals surface area contributed by atoms with Crippen molar-refractivity contribution in [2.75, 3.05) is 32.4 Å². The van der Waals surface area contributed by atoms with E-state index in [1.54, 1.807) is 0 Å². The Labute approximate surface area is 129 Å². The summed E-state index contributed by atoms with van der Waals surface area (Å²) >= 11 is 5.64. The zero-order valence-corrected chi connectivity index (χ0v) is 13.3. The monoisotopic (exact) mass is 335 g/mol. The minimum atomic E-state index is -3.96. The van der Waals surface area contributed by atoms with Crippen molar-refractivity contribution in [1.82, 2.24) is 9.62 Å². The molecule has 0 radical (unpaired) electrons.